The molecule has 2 aromatic carbocycles. The third kappa shape index (κ3) is 4.98. The quantitative estimate of drug-likeness (QED) is 0.317. The molecule has 26 heavy (non-hydrogen) atoms. The summed E-state index contributed by atoms with van der Waals surface area (Å²) in [5.41, 5.74) is 3.80. The van der Waals surface area contributed by atoms with Gasteiger partial charge in [-0.25, -0.2) is 9.37 Å². The van der Waals surface area contributed by atoms with Gasteiger partial charge < -0.3 is 10.6 Å². The second-order valence-corrected chi connectivity index (χ2v) is 6.77. The van der Waals surface area contributed by atoms with E-state index in [0.717, 1.165) is 5.69 Å². The molecule has 0 aliphatic rings. The average molecular weight is 406 g/mol. The lowest BCUT2D eigenvalue weighted by Gasteiger charge is -2.07. The average Bonchev–Trinajstić information content (AvgIpc) is 2.97. The first-order valence-corrected chi connectivity index (χ1v) is 9.05. The van der Waals surface area contributed by atoms with Crippen molar-refractivity contribution in [2.45, 2.75) is 0 Å². The van der Waals surface area contributed by atoms with Crippen molar-refractivity contribution in [3.63, 3.8) is 0 Å². The number of aromatic nitrogens is 1. The van der Waals surface area contributed by atoms with Gasteiger partial charge in [-0.1, -0.05) is 53.3 Å². The number of nitrogens with one attached hydrogen (secondary N) is 3. The van der Waals surface area contributed by atoms with E-state index in [2.05, 4.69) is 26.1 Å². The minimum Gasteiger partial charge on any atom is -0.331 e. The van der Waals surface area contributed by atoms with Gasteiger partial charge in [0.15, 0.2) is 15.4 Å². The van der Waals surface area contributed by atoms with Crippen molar-refractivity contribution in [3.05, 3.63) is 70.4 Å². The van der Waals surface area contributed by atoms with Crippen molar-refractivity contribution >= 4 is 63.0 Å². The summed E-state index contributed by atoms with van der Waals surface area (Å²) in [7, 11) is 0. The molecule has 3 rings (SSSR count). The molecule has 5 nitrogen and oxygen atoms in total. The summed E-state index contributed by atoms with van der Waals surface area (Å²) in [4.78, 5) is 4.90. The van der Waals surface area contributed by atoms with Crippen LogP contribution in [0.4, 0.5) is 20.9 Å². The normalized spacial score (nSPS) is 10.7. The third-order valence-corrected chi connectivity index (χ3v) is 4.60. The van der Waals surface area contributed by atoms with Crippen LogP contribution in [0.3, 0.4) is 0 Å². The van der Waals surface area contributed by atoms with E-state index in [1.807, 2.05) is 30.3 Å². The van der Waals surface area contributed by atoms with Gasteiger partial charge in [0.25, 0.3) is 0 Å². The lowest BCUT2D eigenvalue weighted by atomic mass is 10.3. The van der Waals surface area contributed by atoms with Gasteiger partial charge >= 0.3 is 0 Å². The van der Waals surface area contributed by atoms with Crippen LogP contribution < -0.4 is 16.1 Å². The van der Waals surface area contributed by atoms with Crippen molar-refractivity contribution in [2.24, 2.45) is 5.10 Å². The largest absolute Gasteiger partial charge is 0.331 e. The maximum Gasteiger partial charge on any atom is 0.191 e. The van der Waals surface area contributed by atoms with Crippen LogP contribution >= 0.6 is 35.2 Å². The van der Waals surface area contributed by atoms with E-state index in [1.165, 1.54) is 23.6 Å². The molecule has 0 aliphatic heterocycles. The zero-order chi connectivity index (χ0) is 18.4. The molecule has 0 atom stereocenters. The molecule has 0 aliphatic carbocycles. The Labute approximate surface area is 163 Å². The molecular weight excluding hydrogens is 393 g/mol. The van der Waals surface area contributed by atoms with E-state index in [1.54, 1.807) is 18.2 Å². The number of hydrogen-bond acceptors (Lipinski definition) is 5. The number of thiazole rings is 1. The number of thiocarbonyl (C=S) groups is 1. The van der Waals surface area contributed by atoms with Crippen molar-refractivity contribution in [1.82, 2.24) is 10.4 Å². The van der Waals surface area contributed by atoms with Crippen molar-refractivity contribution < 1.29 is 4.39 Å². The van der Waals surface area contributed by atoms with Crippen LogP contribution in [0.5, 0.6) is 0 Å². The summed E-state index contributed by atoms with van der Waals surface area (Å²) in [5.74, 6) is -0.400. The number of halogens is 2. The van der Waals surface area contributed by atoms with E-state index in [4.69, 9.17) is 23.8 Å². The highest BCUT2D eigenvalue weighted by molar-refractivity contribution is 7.80. The van der Waals surface area contributed by atoms with Gasteiger partial charge in [-0.05, 0) is 36.5 Å². The molecule has 0 unspecified atom stereocenters. The molecule has 0 bridgehead atoms. The summed E-state index contributed by atoms with van der Waals surface area (Å²) < 4.78 is 13.6. The maximum atomic E-state index is 13.6. The van der Waals surface area contributed by atoms with Crippen LogP contribution in [0.25, 0.3) is 0 Å². The number of benzene rings is 2. The van der Waals surface area contributed by atoms with Crippen molar-refractivity contribution in [1.29, 1.82) is 0 Å². The number of hydrazone groups is 1. The lowest BCUT2D eigenvalue weighted by Crippen LogP contribution is -2.24. The fourth-order valence-electron chi connectivity index (χ4n) is 1.95. The first kappa shape index (κ1) is 18.2. The predicted molar refractivity (Wildman–Crippen MR) is 110 cm³/mol. The van der Waals surface area contributed by atoms with Gasteiger partial charge in [0, 0.05) is 5.69 Å². The van der Waals surface area contributed by atoms with Gasteiger partial charge in [0.1, 0.15) is 5.82 Å². The van der Waals surface area contributed by atoms with E-state index in [0.29, 0.717) is 15.2 Å². The van der Waals surface area contributed by atoms with Crippen LogP contribution in [-0.4, -0.2) is 16.3 Å². The zero-order valence-electron chi connectivity index (χ0n) is 13.2. The van der Waals surface area contributed by atoms with Gasteiger partial charge in [0.2, 0.25) is 0 Å². The molecule has 132 valence electrons. The standard InChI is InChI=1S/C17H13ClFN5S2/c18-15-14(26-17(23-15)21-11-6-2-1-3-7-11)10-20-24-16(25)22-13-9-5-4-8-12(13)19/h1-10H,(H,21,23)(H2,22,24,25)/b20-10+. The summed E-state index contributed by atoms with van der Waals surface area (Å²) in [6.45, 7) is 0. The van der Waals surface area contributed by atoms with Gasteiger partial charge in [-0.15, -0.1) is 0 Å². The van der Waals surface area contributed by atoms with E-state index >= 15 is 0 Å². The number of nitrogens with zero attached hydrogens (tertiary/aromatic N) is 2. The fraction of sp³-hybridized carbons (Fsp3) is 0. The van der Waals surface area contributed by atoms with E-state index in [-0.39, 0.29) is 10.8 Å². The van der Waals surface area contributed by atoms with Crippen molar-refractivity contribution in [2.75, 3.05) is 10.6 Å². The lowest BCUT2D eigenvalue weighted by molar-refractivity contribution is 0.632. The molecule has 3 N–H and O–H groups in total. The zero-order valence-corrected chi connectivity index (χ0v) is 15.6. The first-order chi connectivity index (χ1) is 12.6. The second-order valence-electron chi connectivity index (χ2n) is 4.97. The number of rotatable bonds is 5. The number of para-hydroxylation sites is 2. The van der Waals surface area contributed by atoms with E-state index in [9.17, 15) is 4.39 Å². The second kappa shape index (κ2) is 8.70. The molecule has 0 radical (unpaired) electrons. The molecule has 0 saturated heterocycles. The summed E-state index contributed by atoms with van der Waals surface area (Å²) in [6.07, 6.45) is 1.51. The Hall–Kier alpha value is -2.55. The molecule has 3 aromatic rings. The molecule has 1 aromatic heterocycles. The summed E-state index contributed by atoms with van der Waals surface area (Å²) in [6, 6.07) is 15.9. The Morgan fingerprint density at radius 2 is 1.88 bits per heavy atom. The van der Waals surface area contributed by atoms with Crippen LogP contribution in [-0.2, 0) is 0 Å². The highest BCUT2D eigenvalue weighted by Crippen LogP contribution is 2.27. The number of anilines is 3. The SMILES string of the molecule is Fc1ccccc1NC(=S)N/N=C/c1sc(Nc2ccccc2)nc1Cl. The van der Waals surface area contributed by atoms with Gasteiger partial charge in [0.05, 0.1) is 16.8 Å². The topological polar surface area (TPSA) is 61.3 Å². The van der Waals surface area contributed by atoms with Crippen LogP contribution in [0.2, 0.25) is 5.15 Å². The third-order valence-electron chi connectivity index (χ3n) is 3.10. The molecule has 0 spiro atoms. The molecule has 9 heteroatoms. The minimum absolute atomic E-state index is 0.162. The van der Waals surface area contributed by atoms with E-state index < -0.39 is 5.82 Å². The Kier molecular flexibility index (Phi) is 6.11. The Balaban J connectivity index is 1.58. The van der Waals surface area contributed by atoms with Gasteiger partial charge in [-0.3, -0.25) is 5.43 Å². The monoisotopic (exact) mass is 405 g/mol. The summed E-state index contributed by atoms with van der Waals surface area (Å²) in [5, 5.41) is 11.0. The highest BCUT2D eigenvalue weighted by atomic mass is 35.5. The first-order valence-electron chi connectivity index (χ1n) is 7.45. The summed E-state index contributed by atoms with van der Waals surface area (Å²) >= 11 is 12.5. The predicted octanol–water partition coefficient (Wildman–Crippen LogP) is 5.00. The maximum absolute atomic E-state index is 13.6. The van der Waals surface area contributed by atoms with Crippen molar-refractivity contribution in [3.8, 4) is 0 Å². The molecule has 1 heterocycles. The molecule has 0 fully saturated rings. The minimum atomic E-state index is -0.400. The molecule has 0 saturated carbocycles. The highest BCUT2D eigenvalue weighted by Gasteiger charge is 2.08. The van der Waals surface area contributed by atoms with Crippen LogP contribution in [0, 0.1) is 5.82 Å². The number of hydrogen-bond donors (Lipinski definition) is 3. The smallest absolute Gasteiger partial charge is 0.191 e. The Morgan fingerprint density at radius 1 is 1.15 bits per heavy atom. The molecule has 0 amide bonds. The van der Waals surface area contributed by atoms with Crippen LogP contribution in [0.1, 0.15) is 4.88 Å². The Morgan fingerprint density at radius 3 is 2.65 bits per heavy atom. The van der Waals surface area contributed by atoms with Crippen LogP contribution in [0.15, 0.2) is 59.7 Å². The Bertz CT molecular complexity index is 930. The molecular formula is C17H13ClFN5S2. The fourth-order valence-corrected chi connectivity index (χ4v) is 3.16. The van der Waals surface area contributed by atoms with Gasteiger partial charge in [-0.2, -0.15) is 5.10 Å².